The number of pyridine rings is 1. The minimum atomic E-state index is -0.304. The van der Waals surface area contributed by atoms with Crippen molar-refractivity contribution < 1.29 is 4.79 Å². The molecule has 2 aromatic rings. The molecule has 6 nitrogen and oxygen atoms in total. The Morgan fingerprint density at radius 2 is 2.05 bits per heavy atom. The van der Waals surface area contributed by atoms with E-state index >= 15 is 0 Å². The molecular formula is C16H22N4O2. The van der Waals surface area contributed by atoms with Crippen molar-refractivity contribution >= 4 is 11.7 Å². The van der Waals surface area contributed by atoms with Gasteiger partial charge in [0, 0.05) is 29.9 Å². The highest BCUT2D eigenvalue weighted by Crippen LogP contribution is 2.18. The number of nitrogens with one attached hydrogen (secondary N) is 2. The van der Waals surface area contributed by atoms with Crippen molar-refractivity contribution in [1.29, 1.82) is 0 Å². The molecule has 2 aromatic heterocycles. The van der Waals surface area contributed by atoms with E-state index in [1.54, 1.807) is 17.8 Å². The molecule has 2 heterocycles. The molecule has 22 heavy (non-hydrogen) atoms. The highest BCUT2D eigenvalue weighted by atomic mass is 16.2. The lowest BCUT2D eigenvalue weighted by Gasteiger charge is -2.09. The molecule has 0 unspecified atom stereocenters. The van der Waals surface area contributed by atoms with Crippen molar-refractivity contribution in [3.8, 4) is 0 Å². The van der Waals surface area contributed by atoms with E-state index in [2.05, 4.69) is 29.2 Å². The molecule has 0 fully saturated rings. The fourth-order valence-electron chi connectivity index (χ4n) is 2.40. The first-order valence-electron chi connectivity index (χ1n) is 7.32. The maximum absolute atomic E-state index is 12.4. The van der Waals surface area contributed by atoms with Gasteiger partial charge in [-0.25, -0.2) is 0 Å². The van der Waals surface area contributed by atoms with Crippen LogP contribution >= 0.6 is 0 Å². The number of hydrogen-bond acceptors (Lipinski definition) is 3. The number of aromatic amines is 1. The Morgan fingerprint density at radius 3 is 2.59 bits per heavy atom. The Balaban J connectivity index is 2.29. The van der Waals surface area contributed by atoms with E-state index in [4.69, 9.17) is 0 Å². The number of aryl methyl sites for hydroxylation is 2. The van der Waals surface area contributed by atoms with Crippen molar-refractivity contribution in [2.75, 3.05) is 5.32 Å². The number of H-pyrrole nitrogens is 1. The molecule has 1 amide bonds. The zero-order chi connectivity index (χ0) is 16.4. The van der Waals surface area contributed by atoms with Gasteiger partial charge in [-0.05, 0) is 32.3 Å². The number of aromatic nitrogens is 3. The molecule has 0 saturated heterocycles. The first-order valence-corrected chi connectivity index (χ1v) is 7.32. The molecule has 0 spiro atoms. The minimum Gasteiger partial charge on any atom is -0.326 e. The van der Waals surface area contributed by atoms with Crippen LogP contribution in [0.4, 0.5) is 5.82 Å². The van der Waals surface area contributed by atoms with E-state index in [1.165, 1.54) is 6.07 Å². The van der Waals surface area contributed by atoms with E-state index in [9.17, 15) is 9.59 Å². The van der Waals surface area contributed by atoms with E-state index in [-0.39, 0.29) is 11.5 Å². The van der Waals surface area contributed by atoms with Crippen LogP contribution < -0.4 is 10.9 Å². The van der Waals surface area contributed by atoms with Gasteiger partial charge in [0.2, 0.25) is 5.56 Å². The van der Waals surface area contributed by atoms with Crippen LogP contribution in [-0.2, 0) is 13.5 Å². The number of hydrogen-bond donors (Lipinski definition) is 2. The molecule has 0 atom stereocenters. The predicted octanol–water partition coefficient (Wildman–Crippen LogP) is 2.18. The molecule has 0 saturated carbocycles. The van der Waals surface area contributed by atoms with E-state index < -0.39 is 0 Å². The summed E-state index contributed by atoms with van der Waals surface area (Å²) >= 11 is 0. The van der Waals surface area contributed by atoms with Crippen molar-refractivity contribution in [3.63, 3.8) is 0 Å². The number of carbonyl (C=O) groups is 1. The molecular weight excluding hydrogens is 280 g/mol. The third-order valence-electron chi connectivity index (χ3n) is 3.54. The quantitative estimate of drug-likeness (QED) is 0.908. The van der Waals surface area contributed by atoms with E-state index in [0.717, 1.165) is 23.4 Å². The fourth-order valence-corrected chi connectivity index (χ4v) is 2.40. The van der Waals surface area contributed by atoms with Crippen LogP contribution in [0.1, 0.15) is 41.2 Å². The lowest BCUT2D eigenvalue weighted by Crippen LogP contribution is -2.19. The Kier molecular flexibility index (Phi) is 4.49. The molecule has 0 aliphatic heterocycles. The van der Waals surface area contributed by atoms with Gasteiger partial charge in [0.25, 0.3) is 5.91 Å². The van der Waals surface area contributed by atoms with Crippen LogP contribution in [0.25, 0.3) is 0 Å². The van der Waals surface area contributed by atoms with Crippen molar-refractivity contribution in [2.24, 2.45) is 13.0 Å². The summed E-state index contributed by atoms with van der Waals surface area (Å²) < 4.78 is 1.63. The molecule has 0 bridgehead atoms. The lowest BCUT2D eigenvalue weighted by molar-refractivity contribution is 0.102. The molecule has 118 valence electrons. The van der Waals surface area contributed by atoms with Gasteiger partial charge in [0.05, 0.1) is 5.69 Å². The number of carbonyl (C=O) groups excluding carboxylic acids is 1. The average molecular weight is 302 g/mol. The highest BCUT2D eigenvalue weighted by Gasteiger charge is 2.15. The van der Waals surface area contributed by atoms with Gasteiger partial charge in [-0.15, -0.1) is 0 Å². The number of rotatable bonds is 4. The summed E-state index contributed by atoms with van der Waals surface area (Å²) in [6.45, 7) is 7.92. The van der Waals surface area contributed by atoms with Crippen molar-refractivity contribution in [1.82, 2.24) is 14.8 Å². The smallest absolute Gasteiger partial charge is 0.257 e. The topological polar surface area (TPSA) is 79.8 Å². The van der Waals surface area contributed by atoms with Gasteiger partial charge in [-0.3, -0.25) is 14.3 Å². The summed E-state index contributed by atoms with van der Waals surface area (Å²) in [6.07, 6.45) is 0.722. The predicted molar refractivity (Wildman–Crippen MR) is 86.2 cm³/mol. The lowest BCUT2D eigenvalue weighted by atomic mass is 10.1. The summed E-state index contributed by atoms with van der Waals surface area (Å²) in [4.78, 5) is 26.9. The van der Waals surface area contributed by atoms with E-state index in [1.807, 2.05) is 13.8 Å². The summed E-state index contributed by atoms with van der Waals surface area (Å²) in [5.74, 6) is 0.742. The average Bonchev–Trinajstić information content (AvgIpc) is 2.63. The third-order valence-corrected chi connectivity index (χ3v) is 3.54. The van der Waals surface area contributed by atoms with Crippen molar-refractivity contribution in [3.05, 3.63) is 45.0 Å². The van der Waals surface area contributed by atoms with Crippen molar-refractivity contribution in [2.45, 2.75) is 34.1 Å². The summed E-state index contributed by atoms with van der Waals surface area (Å²) in [7, 11) is 1.78. The number of amides is 1. The fraction of sp³-hybridized carbons (Fsp3) is 0.438. The molecule has 0 aliphatic carbocycles. The Labute approximate surface area is 129 Å². The summed E-state index contributed by atoms with van der Waals surface area (Å²) in [5.41, 5.74) is 2.65. The molecule has 0 aromatic carbocycles. The normalized spacial score (nSPS) is 11.0. The molecule has 2 rings (SSSR count). The molecule has 0 radical (unpaired) electrons. The second kappa shape index (κ2) is 6.17. The standard InChI is InChI=1S/C16H22N4O2/c1-9(2)6-13-7-12(8-14(21)17-13)16(22)18-15-10(3)11(4)19-20(15)5/h7-9H,6H2,1-5H3,(H,17,21)(H,18,22). The summed E-state index contributed by atoms with van der Waals surface area (Å²) in [6, 6.07) is 3.05. The van der Waals surface area contributed by atoms with Crippen LogP contribution in [0, 0.1) is 19.8 Å². The zero-order valence-corrected chi connectivity index (χ0v) is 13.7. The van der Waals surface area contributed by atoms with Crippen LogP contribution in [0.3, 0.4) is 0 Å². The zero-order valence-electron chi connectivity index (χ0n) is 13.7. The number of nitrogens with zero attached hydrogens (tertiary/aromatic N) is 2. The maximum Gasteiger partial charge on any atom is 0.257 e. The minimum absolute atomic E-state index is 0.263. The molecule has 6 heteroatoms. The van der Waals surface area contributed by atoms with Crippen LogP contribution in [-0.4, -0.2) is 20.7 Å². The molecule has 0 aliphatic rings. The maximum atomic E-state index is 12.4. The van der Waals surface area contributed by atoms with Crippen LogP contribution in [0.15, 0.2) is 16.9 Å². The van der Waals surface area contributed by atoms with Gasteiger partial charge in [0.1, 0.15) is 5.82 Å². The van der Waals surface area contributed by atoms with Crippen LogP contribution in [0.2, 0.25) is 0 Å². The SMILES string of the molecule is Cc1nn(C)c(NC(=O)c2cc(CC(C)C)[nH]c(=O)c2)c1C. The van der Waals surface area contributed by atoms with Crippen LogP contribution in [0.5, 0.6) is 0 Å². The van der Waals surface area contributed by atoms with Gasteiger partial charge < -0.3 is 10.3 Å². The second-order valence-electron chi connectivity index (χ2n) is 5.99. The van der Waals surface area contributed by atoms with Gasteiger partial charge in [0.15, 0.2) is 0 Å². The van der Waals surface area contributed by atoms with E-state index in [0.29, 0.717) is 17.3 Å². The highest BCUT2D eigenvalue weighted by molar-refractivity contribution is 6.04. The number of anilines is 1. The van der Waals surface area contributed by atoms with Gasteiger partial charge in [-0.1, -0.05) is 13.8 Å². The van der Waals surface area contributed by atoms with Gasteiger partial charge in [-0.2, -0.15) is 5.10 Å². The van der Waals surface area contributed by atoms with Gasteiger partial charge >= 0.3 is 0 Å². The first-order chi connectivity index (χ1) is 10.3. The summed E-state index contributed by atoms with van der Waals surface area (Å²) in [5, 5.41) is 7.10. The Hall–Kier alpha value is -2.37. The third kappa shape index (κ3) is 3.44. The first kappa shape index (κ1) is 16.0. The Morgan fingerprint density at radius 1 is 1.36 bits per heavy atom. The largest absolute Gasteiger partial charge is 0.326 e. The second-order valence-corrected chi connectivity index (χ2v) is 5.99. The monoisotopic (exact) mass is 302 g/mol. The Bertz CT molecular complexity index is 756. The molecule has 2 N–H and O–H groups in total.